The lowest BCUT2D eigenvalue weighted by Gasteiger charge is -2.27. The predicted octanol–water partition coefficient (Wildman–Crippen LogP) is 2.57. The Kier molecular flexibility index (Phi) is 5.16. The van der Waals surface area contributed by atoms with Crippen LogP contribution in [0.3, 0.4) is 0 Å². The fraction of sp³-hybridized carbons (Fsp3) is 0.588. The van der Waals surface area contributed by atoms with Gasteiger partial charge in [-0.05, 0) is 23.0 Å². The largest absolute Gasteiger partial charge is 0.312 e. The number of hydrogen-bond acceptors (Lipinski definition) is 3. The van der Waals surface area contributed by atoms with E-state index in [2.05, 4.69) is 27.7 Å². The van der Waals surface area contributed by atoms with Crippen LogP contribution in [0.4, 0.5) is 5.69 Å². The molecule has 2 rings (SSSR count). The Labute approximate surface area is 138 Å². The second-order valence-corrected chi connectivity index (χ2v) is 8.66. The van der Waals surface area contributed by atoms with Crippen LogP contribution in [0.5, 0.6) is 0 Å². The molecule has 6 heteroatoms. The minimum Gasteiger partial charge on any atom is -0.312 e. The zero-order valence-electron chi connectivity index (χ0n) is 14.2. The molecule has 1 atom stereocenters. The van der Waals surface area contributed by atoms with E-state index >= 15 is 0 Å². The molecule has 0 aliphatic carbocycles. The number of carbonyl (C=O) groups is 1. The van der Waals surface area contributed by atoms with Crippen molar-refractivity contribution in [3.8, 4) is 0 Å². The van der Waals surface area contributed by atoms with Crippen molar-refractivity contribution in [1.29, 1.82) is 0 Å². The van der Waals surface area contributed by atoms with Gasteiger partial charge in [0.15, 0.2) is 0 Å². The van der Waals surface area contributed by atoms with Gasteiger partial charge in [0.1, 0.15) is 0 Å². The molecule has 128 valence electrons. The highest BCUT2D eigenvalue weighted by Crippen LogP contribution is 2.38. The first-order valence-electron chi connectivity index (χ1n) is 8.03. The maximum absolute atomic E-state index is 12.5. The summed E-state index contributed by atoms with van der Waals surface area (Å²) in [6.45, 7) is 8.83. The average molecular weight is 338 g/mol. The van der Waals surface area contributed by atoms with Gasteiger partial charge in [0, 0.05) is 18.9 Å². The molecule has 1 fully saturated rings. The standard InChI is InChI=1S/C17H26N2O3S/c1-11(2)14-6-5-7-15(12(3)4)17(14)19-9-13(8-16(19)20)10-23(18,21)22/h5-7,11-13H,8-10H2,1-4H3,(H2,18,21,22). The molecule has 2 N–H and O–H groups in total. The van der Waals surface area contributed by atoms with Gasteiger partial charge in [0.2, 0.25) is 15.9 Å². The quantitative estimate of drug-likeness (QED) is 0.896. The van der Waals surface area contributed by atoms with Crippen LogP contribution in [0.2, 0.25) is 0 Å². The lowest BCUT2D eigenvalue weighted by atomic mass is 9.92. The Morgan fingerprint density at radius 3 is 2.13 bits per heavy atom. The average Bonchev–Trinajstić information content (AvgIpc) is 2.75. The number of rotatable bonds is 5. The molecule has 1 aromatic rings. The van der Waals surface area contributed by atoms with Gasteiger partial charge in [-0.2, -0.15) is 0 Å². The summed E-state index contributed by atoms with van der Waals surface area (Å²) in [6.07, 6.45) is 0.237. The summed E-state index contributed by atoms with van der Waals surface area (Å²) >= 11 is 0. The molecular weight excluding hydrogens is 312 g/mol. The fourth-order valence-electron chi connectivity index (χ4n) is 3.26. The Hall–Kier alpha value is -1.40. The maximum Gasteiger partial charge on any atom is 0.227 e. The van der Waals surface area contributed by atoms with E-state index < -0.39 is 10.0 Å². The number of anilines is 1. The minimum atomic E-state index is -3.57. The molecule has 0 bridgehead atoms. The van der Waals surface area contributed by atoms with Gasteiger partial charge in [-0.3, -0.25) is 4.79 Å². The molecular formula is C17H26N2O3S. The Balaban J connectivity index is 2.43. The molecule has 1 heterocycles. The van der Waals surface area contributed by atoms with Crippen LogP contribution >= 0.6 is 0 Å². The number of nitrogens with two attached hydrogens (primary N) is 1. The van der Waals surface area contributed by atoms with Crippen molar-refractivity contribution in [2.75, 3.05) is 17.2 Å². The number of sulfonamides is 1. The molecule has 1 unspecified atom stereocenters. The highest BCUT2D eigenvalue weighted by molar-refractivity contribution is 7.89. The van der Waals surface area contributed by atoms with Crippen LogP contribution < -0.4 is 10.0 Å². The van der Waals surface area contributed by atoms with E-state index in [1.165, 1.54) is 0 Å². The van der Waals surface area contributed by atoms with E-state index in [0.717, 1.165) is 16.8 Å². The van der Waals surface area contributed by atoms with Crippen molar-refractivity contribution in [2.24, 2.45) is 11.1 Å². The molecule has 0 saturated carbocycles. The van der Waals surface area contributed by atoms with Crippen LogP contribution in [0.25, 0.3) is 0 Å². The van der Waals surface area contributed by atoms with Gasteiger partial charge in [0.25, 0.3) is 0 Å². The smallest absolute Gasteiger partial charge is 0.227 e. The number of benzene rings is 1. The molecule has 1 aromatic carbocycles. The van der Waals surface area contributed by atoms with Gasteiger partial charge in [-0.25, -0.2) is 13.6 Å². The number of amides is 1. The summed E-state index contributed by atoms with van der Waals surface area (Å²) in [7, 11) is -3.57. The summed E-state index contributed by atoms with van der Waals surface area (Å²) < 4.78 is 22.7. The van der Waals surface area contributed by atoms with E-state index in [-0.39, 0.29) is 35.8 Å². The van der Waals surface area contributed by atoms with Crippen molar-refractivity contribution in [3.63, 3.8) is 0 Å². The number of carbonyl (C=O) groups excluding carboxylic acids is 1. The van der Waals surface area contributed by atoms with E-state index in [4.69, 9.17) is 5.14 Å². The third-order valence-electron chi connectivity index (χ3n) is 4.29. The summed E-state index contributed by atoms with van der Waals surface area (Å²) in [6, 6.07) is 6.12. The van der Waals surface area contributed by atoms with Crippen LogP contribution in [-0.2, 0) is 14.8 Å². The monoisotopic (exact) mass is 338 g/mol. The third kappa shape index (κ3) is 4.12. The Morgan fingerprint density at radius 1 is 1.17 bits per heavy atom. The lowest BCUT2D eigenvalue weighted by Crippen LogP contribution is -2.29. The van der Waals surface area contributed by atoms with Crippen LogP contribution in [0.15, 0.2) is 18.2 Å². The molecule has 0 spiro atoms. The summed E-state index contributed by atoms with van der Waals surface area (Å²) in [4.78, 5) is 14.3. The van der Waals surface area contributed by atoms with Gasteiger partial charge >= 0.3 is 0 Å². The second-order valence-electron chi connectivity index (χ2n) is 7.00. The summed E-state index contributed by atoms with van der Waals surface area (Å²) in [5, 5.41) is 5.14. The first kappa shape index (κ1) is 17.9. The molecule has 23 heavy (non-hydrogen) atoms. The third-order valence-corrected chi connectivity index (χ3v) is 5.22. The molecule has 1 aliphatic heterocycles. The molecule has 0 aromatic heterocycles. The van der Waals surface area contributed by atoms with Gasteiger partial charge < -0.3 is 4.90 Å². The first-order chi connectivity index (χ1) is 10.6. The van der Waals surface area contributed by atoms with Crippen LogP contribution in [0, 0.1) is 5.92 Å². The number of nitrogens with zero attached hydrogens (tertiary/aromatic N) is 1. The van der Waals surface area contributed by atoms with Crippen LogP contribution in [0.1, 0.15) is 57.1 Å². The van der Waals surface area contributed by atoms with Crippen molar-refractivity contribution < 1.29 is 13.2 Å². The van der Waals surface area contributed by atoms with Gasteiger partial charge in [-0.1, -0.05) is 45.9 Å². The fourth-order valence-corrected chi connectivity index (χ4v) is 4.14. The zero-order chi connectivity index (χ0) is 17.4. The number of hydrogen-bond donors (Lipinski definition) is 1. The molecule has 1 aliphatic rings. The maximum atomic E-state index is 12.5. The van der Waals surface area contributed by atoms with Crippen molar-refractivity contribution >= 4 is 21.6 Å². The van der Waals surface area contributed by atoms with E-state index in [1.807, 2.05) is 18.2 Å². The summed E-state index contributed by atoms with van der Waals surface area (Å²) in [5.74, 6) is 0.171. The van der Waals surface area contributed by atoms with E-state index in [9.17, 15) is 13.2 Å². The lowest BCUT2D eigenvalue weighted by molar-refractivity contribution is -0.117. The van der Waals surface area contributed by atoms with Crippen molar-refractivity contribution in [2.45, 2.75) is 46.0 Å². The SMILES string of the molecule is CC(C)c1cccc(C(C)C)c1N1CC(CS(N)(=O)=O)CC1=O. The van der Waals surface area contributed by atoms with Gasteiger partial charge in [0.05, 0.1) is 11.4 Å². The Morgan fingerprint density at radius 2 is 1.70 bits per heavy atom. The molecule has 0 radical (unpaired) electrons. The highest BCUT2D eigenvalue weighted by atomic mass is 32.2. The topological polar surface area (TPSA) is 80.5 Å². The van der Waals surface area contributed by atoms with E-state index in [1.54, 1.807) is 4.90 Å². The second kappa shape index (κ2) is 6.61. The highest BCUT2D eigenvalue weighted by Gasteiger charge is 2.35. The molecule has 1 amide bonds. The predicted molar refractivity (Wildman–Crippen MR) is 93.1 cm³/mol. The number of para-hydroxylation sites is 1. The first-order valence-corrected chi connectivity index (χ1v) is 9.75. The molecule has 1 saturated heterocycles. The minimum absolute atomic E-state index is 0.0198. The normalized spacial score (nSPS) is 19.2. The van der Waals surface area contributed by atoms with Crippen LogP contribution in [-0.4, -0.2) is 26.6 Å². The number of primary sulfonamides is 1. The summed E-state index contributed by atoms with van der Waals surface area (Å²) in [5.41, 5.74) is 3.21. The van der Waals surface area contributed by atoms with Crippen molar-refractivity contribution in [1.82, 2.24) is 0 Å². The Bertz CT molecular complexity index is 670. The van der Waals surface area contributed by atoms with E-state index in [0.29, 0.717) is 6.54 Å². The van der Waals surface area contributed by atoms with Crippen molar-refractivity contribution in [3.05, 3.63) is 29.3 Å². The van der Waals surface area contributed by atoms with Gasteiger partial charge in [-0.15, -0.1) is 0 Å². The molecule has 5 nitrogen and oxygen atoms in total. The zero-order valence-corrected chi connectivity index (χ0v) is 15.1.